The van der Waals surface area contributed by atoms with Gasteiger partial charge in [-0.05, 0) is 41.2 Å². The van der Waals surface area contributed by atoms with Crippen LogP contribution in [0, 0.1) is 11.8 Å². The number of hydrogen-bond acceptors (Lipinski definition) is 6. The molecule has 4 rings (SSSR count). The van der Waals surface area contributed by atoms with Crippen LogP contribution in [0.3, 0.4) is 0 Å². The van der Waals surface area contributed by atoms with Crippen LogP contribution in [0.2, 0.25) is 0 Å². The summed E-state index contributed by atoms with van der Waals surface area (Å²) in [5, 5.41) is 34.9. The van der Waals surface area contributed by atoms with Crippen LogP contribution in [-0.2, 0) is 0 Å². The highest BCUT2D eigenvalue weighted by atomic mass is 16.3. The Balaban J connectivity index is 1.89. The van der Waals surface area contributed by atoms with Crippen LogP contribution in [0.5, 0.6) is 11.5 Å². The van der Waals surface area contributed by atoms with Crippen LogP contribution in [0.4, 0.5) is 17.1 Å². The molecule has 0 aromatic heterocycles. The van der Waals surface area contributed by atoms with Crippen molar-refractivity contribution in [3.63, 3.8) is 0 Å². The van der Waals surface area contributed by atoms with E-state index in [1.807, 2.05) is 24.3 Å². The molecule has 0 radical (unpaired) electrons. The summed E-state index contributed by atoms with van der Waals surface area (Å²) >= 11 is 0. The van der Waals surface area contributed by atoms with Crippen LogP contribution in [0.25, 0.3) is 21.5 Å². The summed E-state index contributed by atoms with van der Waals surface area (Å²) in [6, 6.07) is 17.4. The summed E-state index contributed by atoms with van der Waals surface area (Å²) in [5.74, 6) is -0.0462. The van der Waals surface area contributed by atoms with Gasteiger partial charge >= 0.3 is 0 Å². The molecule has 0 fully saturated rings. The first-order valence-electron chi connectivity index (χ1n) is 8.31. The van der Waals surface area contributed by atoms with E-state index in [-0.39, 0.29) is 28.6 Å². The summed E-state index contributed by atoms with van der Waals surface area (Å²) in [6.45, 7) is 1.78. The number of benzene rings is 4. The van der Waals surface area contributed by atoms with Crippen LogP contribution in [0.1, 0.15) is 5.56 Å². The number of aryl methyl sites for hydroxylation is 1. The van der Waals surface area contributed by atoms with Gasteiger partial charge in [-0.2, -0.15) is 0 Å². The number of nitroso groups, excluding NO2 is 1. The fourth-order valence-electron chi connectivity index (χ4n) is 3.24. The molecule has 0 unspecified atom stereocenters. The maximum absolute atomic E-state index is 11.1. The lowest BCUT2D eigenvalue weighted by Gasteiger charge is -2.09. The molecule has 0 heterocycles. The van der Waals surface area contributed by atoms with Gasteiger partial charge in [0.05, 0.1) is 0 Å². The summed E-state index contributed by atoms with van der Waals surface area (Å²) in [6.07, 6.45) is 0. The molecular formula is C21H15N3O3. The summed E-state index contributed by atoms with van der Waals surface area (Å²) < 4.78 is 0. The average Bonchev–Trinajstić information content (AvgIpc) is 2.68. The molecule has 132 valence electrons. The van der Waals surface area contributed by atoms with Gasteiger partial charge in [0.25, 0.3) is 0 Å². The van der Waals surface area contributed by atoms with Crippen molar-refractivity contribution in [3.05, 3.63) is 71.1 Å². The van der Waals surface area contributed by atoms with E-state index in [0.717, 1.165) is 5.39 Å². The van der Waals surface area contributed by atoms with E-state index in [2.05, 4.69) is 15.4 Å². The zero-order valence-electron chi connectivity index (χ0n) is 14.4. The number of rotatable bonds is 3. The van der Waals surface area contributed by atoms with Crippen LogP contribution >= 0.6 is 0 Å². The van der Waals surface area contributed by atoms with Crippen molar-refractivity contribution in [1.29, 1.82) is 0 Å². The molecule has 0 amide bonds. The molecule has 0 atom stereocenters. The van der Waals surface area contributed by atoms with Crippen LogP contribution in [-0.4, -0.2) is 10.2 Å². The van der Waals surface area contributed by atoms with Crippen molar-refractivity contribution in [1.82, 2.24) is 0 Å². The zero-order valence-corrected chi connectivity index (χ0v) is 14.4. The predicted octanol–water partition coefficient (Wildman–Crippen LogP) is 6.53. The Hall–Kier alpha value is -3.80. The normalized spacial score (nSPS) is 11.4. The number of phenolic OH excluding ortho intramolecular Hbond substituents is 2. The number of hydrogen-bond donors (Lipinski definition) is 2. The van der Waals surface area contributed by atoms with Crippen molar-refractivity contribution in [2.45, 2.75) is 6.92 Å². The molecule has 4 aromatic rings. The molecular weight excluding hydrogens is 342 g/mol. The van der Waals surface area contributed by atoms with Crippen LogP contribution < -0.4 is 0 Å². The molecule has 4 aromatic carbocycles. The minimum atomic E-state index is -0.0629. The highest BCUT2D eigenvalue weighted by Gasteiger charge is 2.13. The lowest BCUT2D eigenvalue weighted by Crippen LogP contribution is -1.82. The molecule has 6 heteroatoms. The smallest absolute Gasteiger partial charge is 0.150 e. The Kier molecular flexibility index (Phi) is 4.01. The zero-order chi connectivity index (χ0) is 19.0. The molecule has 6 nitrogen and oxygen atoms in total. The molecule has 0 spiro atoms. The van der Waals surface area contributed by atoms with Gasteiger partial charge in [-0.1, -0.05) is 42.5 Å². The fourth-order valence-corrected chi connectivity index (χ4v) is 3.24. The van der Waals surface area contributed by atoms with Gasteiger partial charge in [-0.3, -0.25) is 0 Å². The van der Waals surface area contributed by atoms with E-state index in [1.54, 1.807) is 37.3 Å². The number of fused-ring (bicyclic) bond motifs is 2. The van der Waals surface area contributed by atoms with Gasteiger partial charge in [-0.25, -0.2) is 0 Å². The molecule has 0 aliphatic heterocycles. The van der Waals surface area contributed by atoms with Gasteiger partial charge in [0, 0.05) is 16.2 Å². The Bertz CT molecular complexity index is 1230. The SMILES string of the molecule is Cc1cc(O)c(/N=N/c2ccc3ccccc3c2O)c2cccc(N=O)c12. The van der Waals surface area contributed by atoms with E-state index >= 15 is 0 Å². The Morgan fingerprint density at radius 3 is 2.41 bits per heavy atom. The number of phenols is 2. The highest BCUT2D eigenvalue weighted by Crippen LogP contribution is 2.42. The number of nitrogens with zero attached hydrogens (tertiary/aromatic N) is 3. The third-order valence-electron chi connectivity index (χ3n) is 4.52. The van der Waals surface area contributed by atoms with E-state index in [0.29, 0.717) is 21.7 Å². The highest BCUT2D eigenvalue weighted by molar-refractivity contribution is 6.03. The average molecular weight is 357 g/mol. The van der Waals surface area contributed by atoms with Gasteiger partial charge in [0.15, 0.2) is 5.75 Å². The van der Waals surface area contributed by atoms with E-state index in [9.17, 15) is 15.1 Å². The molecule has 0 aliphatic rings. The molecule has 0 aliphatic carbocycles. The molecule has 0 saturated heterocycles. The lowest BCUT2D eigenvalue weighted by molar-refractivity contribution is 0.476. The predicted molar refractivity (Wildman–Crippen MR) is 106 cm³/mol. The first-order valence-corrected chi connectivity index (χ1v) is 8.31. The van der Waals surface area contributed by atoms with E-state index in [1.165, 1.54) is 6.07 Å². The summed E-state index contributed by atoms with van der Waals surface area (Å²) in [4.78, 5) is 11.1. The topological polar surface area (TPSA) is 94.6 Å². The first kappa shape index (κ1) is 16.7. The van der Waals surface area contributed by atoms with Crippen molar-refractivity contribution in [3.8, 4) is 11.5 Å². The Morgan fingerprint density at radius 1 is 0.815 bits per heavy atom. The van der Waals surface area contributed by atoms with Gasteiger partial charge in [-0.15, -0.1) is 15.1 Å². The lowest BCUT2D eigenvalue weighted by atomic mass is 10.0. The van der Waals surface area contributed by atoms with Crippen molar-refractivity contribution >= 4 is 38.6 Å². The summed E-state index contributed by atoms with van der Waals surface area (Å²) in [7, 11) is 0. The Morgan fingerprint density at radius 2 is 1.59 bits per heavy atom. The van der Waals surface area contributed by atoms with Crippen molar-refractivity contribution in [2.75, 3.05) is 0 Å². The quantitative estimate of drug-likeness (QED) is 0.322. The van der Waals surface area contributed by atoms with E-state index < -0.39 is 0 Å². The molecule has 27 heavy (non-hydrogen) atoms. The van der Waals surface area contributed by atoms with E-state index in [4.69, 9.17) is 0 Å². The Labute approximate surface area is 154 Å². The van der Waals surface area contributed by atoms with Gasteiger partial charge < -0.3 is 10.2 Å². The minimum Gasteiger partial charge on any atom is -0.506 e. The summed E-state index contributed by atoms with van der Waals surface area (Å²) in [5.41, 5.74) is 1.49. The van der Waals surface area contributed by atoms with Gasteiger partial charge in [0.1, 0.15) is 22.8 Å². The van der Waals surface area contributed by atoms with Crippen LogP contribution in [0.15, 0.2) is 76.1 Å². The molecule has 0 saturated carbocycles. The standard InChI is InChI=1S/C21H15N3O3/c1-12-11-18(25)20(15-7-4-8-16(24-27)19(12)15)23-22-17-10-9-13-5-2-3-6-14(13)21(17)26/h2-11,25-26H,1H3/b23-22+. The second-order valence-corrected chi connectivity index (χ2v) is 6.21. The minimum absolute atomic E-state index is 0.0167. The fraction of sp³-hybridized carbons (Fsp3) is 0.0476. The molecule has 2 N–H and O–H groups in total. The maximum Gasteiger partial charge on any atom is 0.150 e. The van der Waals surface area contributed by atoms with Gasteiger partial charge in [0.2, 0.25) is 0 Å². The van der Waals surface area contributed by atoms with Crippen molar-refractivity contribution < 1.29 is 10.2 Å². The largest absolute Gasteiger partial charge is 0.506 e. The maximum atomic E-state index is 11.1. The molecule has 0 bridgehead atoms. The number of aromatic hydroxyl groups is 2. The second-order valence-electron chi connectivity index (χ2n) is 6.21. The van der Waals surface area contributed by atoms with Crippen molar-refractivity contribution in [2.24, 2.45) is 15.4 Å². The first-order chi connectivity index (χ1) is 13.1. The number of azo groups is 1. The third kappa shape index (κ3) is 2.77. The third-order valence-corrected chi connectivity index (χ3v) is 4.52. The second kappa shape index (κ2) is 6.49. The monoisotopic (exact) mass is 357 g/mol.